The third-order valence-corrected chi connectivity index (χ3v) is 4.83. The van der Waals surface area contributed by atoms with E-state index < -0.39 is 0 Å². The second kappa shape index (κ2) is 6.98. The summed E-state index contributed by atoms with van der Waals surface area (Å²) in [4.78, 5) is 9.10. The Morgan fingerprint density at radius 3 is 2.81 bits per heavy atom. The van der Waals surface area contributed by atoms with Crippen LogP contribution in [-0.2, 0) is 0 Å². The first-order valence-corrected chi connectivity index (χ1v) is 8.97. The van der Waals surface area contributed by atoms with E-state index >= 15 is 0 Å². The number of aromatic nitrogens is 1. The summed E-state index contributed by atoms with van der Waals surface area (Å²) in [6.07, 6.45) is 1.72. The number of phenols is 1. The number of methoxy groups -OCH3 is 1. The Hall–Kier alpha value is -3.18. The van der Waals surface area contributed by atoms with E-state index in [0.717, 1.165) is 16.8 Å². The molecular formula is C21H16N2O2S. The molecule has 0 unspecified atom stereocenters. The molecule has 26 heavy (non-hydrogen) atoms. The highest BCUT2D eigenvalue weighted by Gasteiger charge is 2.07. The van der Waals surface area contributed by atoms with Crippen LogP contribution >= 0.6 is 11.3 Å². The van der Waals surface area contributed by atoms with Crippen LogP contribution in [0.25, 0.3) is 22.0 Å². The summed E-state index contributed by atoms with van der Waals surface area (Å²) in [7, 11) is 1.52. The van der Waals surface area contributed by atoms with Gasteiger partial charge in [-0.15, -0.1) is 11.3 Å². The molecule has 4 rings (SSSR count). The molecule has 0 aliphatic carbocycles. The highest BCUT2D eigenvalue weighted by Crippen LogP contribution is 2.32. The molecule has 1 heterocycles. The summed E-state index contributed by atoms with van der Waals surface area (Å²) in [5.41, 5.74) is 2.86. The maximum atomic E-state index is 9.66. The van der Waals surface area contributed by atoms with Gasteiger partial charge >= 0.3 is 0 Å². The van der Waals surface area contributed by atoms with Gasteiger partial charge in [0.1, 0.15) is 0 Å². The predicted molar refractivity (Wildman–Crippen MR) is 107 cm³/mol. The van der Waals surface area contributed by atoms with Crippen LogP contribution < -0.4 is 4.74 Å². The SMILES string of the molecule is COc1cc(/C=N/c2nc(-c3cccc4ccccc34)cs2)ccc1O. The molecule has 0 atom stereocenters. The molecule has 4 nitrogen and oxygen atoms in total. The van der Waals surface area contributed by atoms with Gasteiger partial charge in [-0.05, 0) is 34.5 Å². The van der Waals surface area contributed by atoms with Crippen LogP contribution in [0.3, 0.4) is 0 Å². The smallest absolute Gasteiger partial charge is 0.209 e. The second-order valence-electron chi connectivity index (χ2n) is 5.73. The van der Waals surface area contributed by atoms with E-state index in [4.69, 9.17) is 4.74 Å². The van der Waals surface area contributed by atoms with Gasteiger partial charge in [-0.25, -0.2) is 9.98 Å². The molecule has 0 fully saturated rings. The number of hydrogen-bond donors (Lipinski definition) is 1. The number of hydrogen-bond acceptors (Lipinski definition) is 5. The Bertz CT molecular complexity index is 1100. The zero-order valence-electron chi connectivity index (χ0n) is 14.1. The highest BCUT2D eigenvalue weighted by atomic mass is 32.1. The summed E-state index contributed by atoms with van der Waals surface area (Å²) in [6.45, 7) is 0. The number of ether oxygens (including phenoxy) is 1. The van der Waals surface area contributed by atoms with E-state index in [9.17, 15) is 5.11 Å². The molecule has 0 aliphatic heterocycles. The van der Waals surface area contributed by atoms with Crippen LogP contribution in [0.5, 0.6) is 11.5 Å². The molecule has 1 aromatic heterocycles. The number of aromatic hydroxyl groups is 1. The Morgan fingerprint density at radius 2 is 1.92 bits per heavy atom. The number of phenolic OH excluding ortho intramolecular Hbond substituents is 1. The quantitative estimate of drug-likeness (QED) is 0.494. The van der Waals surface area contributed by atoms with Crippen molar-refractivity contribution in [3.05, 3.63) is 71.6 Å². The molecule has 0 aliphatic rings. The van der Waals surface area contributed by atoms with Gasteiger partial charge in [0.2, 0.25) is 5.13 Å². The first-order chi connectivity index (χ1) is 12.7. The van der Waals surface area contributed by atoms with E-state index in [-0.39, 0.29) is 5.75 Å². The monoisotopic (exact) mass is 360 g/mol. The molecule has 128 valence electrons. The highest BCUT2D eigenvalue weighted by molar-refractivity contribution is 7.13. The van der Waals surface area contributed by atoms with Crippen molar-refractivity contribution in [3.8, 4) is 22.8 Å². The fourth-order valence-corrected chi connectivity index (χ4v) is 3.46. The second-order valence-corrected chi connectivity index (χ2v) is 6.57. The standard InChI is InChI=1S/C21H16N2O2S/c1-25-20-11-14(9-10-19(20)24)12-22-21-23-18(13-26-21)17-8-4-6-15-5-2-3-7-16(15)17/h2-13,24H,1H3/b22-12+. The van der Waals surface area contributed by atoms with Crippen LogP contribution in [0.15, 0.2) is 71.0 Å². The molecule has 0 saturated carbocycles. The topological polar surface area (TPSA) is 54.7 Å². The molecule has 0 saturated heterocycles. The molecule has 0 spiro atoms. The fraction of sp³-hybridized carbons (Fsp3) is 0.0476. The Kier molecular flexibility index (Phi) is 4.37. The van der Waals surface area contributed by atoms with Crippen LogP contribution in [0, 0.1) is 0 Å². The van der Waals surface area contributed by atoms with Crippen LogP contribution in [0.2, 0.25) is 0 Å². The van der Waals surface area contributed by atoms with E-state index in [0.29, 0.717) is 10.9 Å². The number of thiazole rings is 1. The van der Waals surface area contributed by atoms with Crippen molar-refractivity contribution >= 4 is 33.5 Å². The molecular weight excluding hydrogens is 344 g/mol. The van der Waals surface area contributed by atoms with E-state index in [1.165, 1.54) is 29.2 Å². The Morgan fingerprint density at radius 1 is 1.08 bits per heavy atom. The van der Waals surface area contributed by atoms with Crippen molar-refractivity contribution in [2.24, 2.45) is 4.99 Å². The summed E-state index contributed by atoms with van der Waals surface area (Å²) in [5.74, 6) is 0.529. The van der Waals surface area contributed by atoms with Crippen molar-refractivity contribution in [2.45, 2.75) is 0 Å². The zero-order valence-corrected chi connectivity index (χ0v) is 14.9. The molecule has 0 bridgehead atoms. The first-order valence-electron chi connectivity index (χ1n) is 8.09. The van der Waals surface area contributed by atoms with Gasteiger partial charge in [0.15, 0.2) is 11.5 Å². The lowest BCUT2D eigenvalue weighted by Crippen LogP contribution is -1.86. The van der Waals surface area contributed by atoms with Gasteiger partial charge < -0.3 is 9.84 Å². The van der Waals surface area contributed by atoms with Crippen LogP contribution in [0.1, 0.15) is 5.56 Å². The number of aliphatic imine (C=N–C) groups is 1. The average molecular weight is 360 g/mol. The molecule has 0 amide bonds. The van der Waals surface area contributed by atoms with Gasteiger partial charge in [-0.3, -0.25) is 0 Å². The molecule has 1 N–H and O–H groups in total. The number of rotatable bonds is 4. The van der Waals surface area contributed by atoms with Crippen molar-refractivity contribution in [3.63, 3.8) is 0 Å². The van der Waals surface area contributed by atoms with E-state index in [2.05, 4.69) is 34.2 Å². The minimum Gasteiger partial charge on any atom is -0.504 e. The minimum atomic E-state index is 0.108. The largest absolute Gasteiger partial charge is 0.504 e. The van der Waals surface area contributed by atoms with Crippen LogP contribution in [0.4, 0.5) is 5.13 Å². The third-order valence-electron chi connectivity index (χ3n) is 4.09. The summed E-state index contributed by atoms with van der Waals surface area (Å²) in [6, 6.07) is 19.6. The summed E-state index contributed by atoms with van der Waals surface area (Å²) >= 11 is 1.50. The van der Waals surface area contributed by atoms with Crippen molar-refractivity contribution < 1.29 is 9.84 Å². The number of fused-ring (bicyclic) bond motifs is 1. The minimum absolute atomic E-state index is 0.108. The van der Waals surface area contributed by atoms with E-state index in [1.54, 1.807) is 24.4 Å². The molecule has 4 aromatic rings. The maximum absolute atomic E-state index is 9.66. The van der Waals surface area contributed by atoms with Crippen molar-refractivity contribution in [1.82, 2.24) is 4.98 Å². The molecule has 3 aromatic carbocycles. The van der Waals surface area contributed by atoms with Gasteiger partial charge in [-0.1, -0.05) is 42.5 Å². The lowest BCUT2D eigenvalue weighted by molar-refractivity contribution is 0.373. The van der Waals surface area contributed by atoms with Gasteiger partial charge in [0.05, 0.1) is 12.8 Å². The number of benzene rings is 3. The maximum Gasteiger partial charge on any atom is 0.209 e. The molecule has 0 radical (unpaired) electrons. The Balaban J connectivity index is 1.64. The van der Waals surface area contributed by atoms with Crippen molar-refractivity contribution in [2.75, 3.05) is 7.11 Å². The zero-order chi connectivity index (χ0) is 17.9. The first kappa shape index (κ1) is 16.3. The third kappa shape index (κ3) is 3.17. The fourth-order valence-electron chi connectivity index (χ4n) is 2.80. The lowest BCUT2D eigenvalue weighted by Gasteiger charge is -2.03. The average Bonchev–Trinajstić information content (AvgIpc) is 3.15. The van der Waals surface area contributed by atoms with Gasteiger partial charge in [-0.2, -0.15) is 0 Å². The normalized spacial score (nSPS) is 11.3. The van der Waals surface area contributed by atoms with Gasteiger partial charge in [0, 0.05) is 17.2 Å². The lowest BCUT2D eigenvalue weighted by atomic mass is 10.0. The number of nitrogens with zero attached hydrogens (tertiary/aromatic N) is 2. The van der Waals surface area contributed by atoms with E-state index in [1.807, 2.05) is 23.6 Å². The predicted octanol–water partition coefficient (Wildman–Crippen LogP) is 5.43. The molecule has 5 heteroatoms. The van der Waals surface area contributed by atoms with Gasteiger partial charge in [0.25, 0.3) is 0 Å². The summed E-state index contributed by atoms with van der Waals surface area (Å²) < 4.78 is 5.12. The summed E-state index contributed by atoms with van der Waals surface area (Å²) in [5, 5.41) is 14.7. The Labute approximate surface area is 155 Å². The van der Waals surface area contributed by atoms with Crippen LogP contribution in [-0.4, -0.2) is 23.4 Å². The van der Waals surface area contributed by atoms with Crippen molar-refractivity contribution in [1.29, 1.82) is 0 Å².